The van der Waals surface area contributed by atoms with E-state index in [1.807, 2.05) is 6.92 Å². The van der Waals surface area contributed by atoms with E-state index in [1.54, 1.807) is 0 Å². The Balaban J connectivity index is 2.55. The normalized spacial score (nSPS) is 28.7. The molecule has 0 amide bonds. The van der Waals surface area contributed by atoms with Gasteiger partial charge in [-0.2, -0.15) is 0 Å². The number of rotatable bonds is 5. The van der Waals surface area contributed by atoms with Crippen molar-refractivity contribution >= 4 is 5.78 Å². The van der Waals surface area contributed by atoms with Crippen molar-refractivity contribution in [1.29, 1.82) is 0 Å². The van der Waals surface area contributed by atoms with Gasteiger partial charge in [-0.25, -0.2) is 0 Å². The summed E-state index contributed by atoms with van der Waals surface area (Å²) in [4.78, 5) is 12.0. The van der Waals surface area contributed by atoms with Gasteiger partial charge >= 0.3 is 0 Å². The SMILES string of the molecule is CCCC(O)C(=O)C1CCCCC1CC. The molecule has 88 valence electrons. The van der Waals surface area contributed by atoms with E-state index >= 15 is 0 Å². The average molecular weight is 212 g/mol. The van der Waals surface area contributed by atoms with E-state index in [1.165, 1.54) is 12.8 Å². The van der Waals surface area contributed by atoms with Crippen LogP contribution in [0.15, 0.2) is 0 Å². The van der Waals surface area contributed by atoms with Crippen LogP contribution in [-0.4, -0.2) is 17.0 Å². The molecule has 2 nitrogen and oxygen atoms in total. The van der Waals surface area contributed by atoms with E-state index in [-0.39, 0.29) is 11.7 Å². The average Bonchev–Trinajstić information content (AvgIpc) is 2.28. The smallest absolute Gasteiger partial charge is 0.164 e. The number of aliphatic hydroxyl groups is 1. The number of hydrogen-bond acceptors (Lipinski definition) is 2. The summed E-state index contributed by atoms with van der Waals surface area (Å²) < 4.78 is 0. The summed E-state index contributed by atoms with van der Waals surface area (Å²) in [6.07, 6.45) is 6.48. The molecule has 0 radical (unpaired) electrons. The maximum Gasteiger partial charge on any atom is 0.164 e. The van der Waals surface area contributed by atoms with E-state index in [9.17, 15) is 9.90 Å². The number of aliphatic hydroxyl groups excluding tert-OH is 1. The maximum absolute atomic E-state index is 12.0. The van der Waals surface area contributed by atoms with Crippen LogP contribution in [0.3, 0.4) is 0 Å². The largest absolute Gasteiger partial charge is 0.385 e. The summed E-state index contributed by atoms with van der Waals surface area (Å²) in [7, 11) is 0. The second-order valence-electron chi connectivity index (χ2n) is 4.77. The van der Waals surface area contributed by atoms with Crippen molar-refractivity contribution in [2.24, 2.45) is 11.8 Å². The van der Waals surface area contributed by atoms with Gasteiger partial charge in [0.1, 0.15) is 6.10 Å². The molecule has 0 aromatic carbocycles. The van der Waals surface area contributed by atoms with Crippen LogP contribution in [0.5, 0.6) is 0 Å². The fraction of sp³-hybridized carbons (Fsp3) is 0.923. The van der Waals surface area contributed by atoms with Crippen molar-refractivity contribution in [3.8, 4) is 0 Å². The molecule has 1 aliphatic rings. The molecule has 0 spiro atoms. The van der Waals surface area contributed by atoms with Crippen molar-refractivity contribution in [1.82, 2.24) is 0 Å². The minimum absolute atomic E-state index is 0.114. The van der Waals surface area contributed by atoms with Crippen molar-refractivity contribution < 1.29 is 9.90 Å². The molecule has 3 unspecified atom stereocenters. The third-order valence-corrected chi connectivity index (χ3v) is 3.69. The molecule has 0 bridgehead atoms. The molecular weight excluding hydrogens is 188 g/mol. The van der Waals surface area contributed by atoms with Crippen LogP contribution in [0, 0.1) is 11.8 Å². The van der Waals surface area contributed by atoms with Crippen molar-refractivity contribution in [3.63, 3.8) is 0 Å². The van der Waals surface area contributed by atoms with Gasteiger partial charge in [-0.05, 0) is 25.2 Å². The van der Waals surface area contributed by atoms with Gasteiger partial charge in [0.25, 0.3) is 0 Å². The summed E-state index contributed by atoms with van der Waals surface area (Å²) in [5.41, 5.74) is 0. The predicted octanol–water partition coefficient (Wildman–Crippen LogP) is 2.93. The molecule has 1 rings (SSSR count). The highest BCUT2D eigenvalue weighted by atomic mass is 16.3. The molecule has 0 aliphatic heterocycles. The topological polar surface area (TPSA) is 37.3 Å². The Hall–Kier alpha value is -0.370. The summed E-state index contributed by atoms with van der Waals surface area (Å²) in [6.45, 7) is 4.16. The highest BCUT2D eigenvalue weighted by Crippen LogP contribution is 2.33. The Morgan fingerprint density at radius 1 is 1.33 bits per heavy atom. The van der Waals surface area contributed by atoms with Crippen LogP contribution in [0.1, 0.15) is 58.8 Å². The van der Waals surface area contributed by atoms with E-state index in [0.717, 1.165) is 25.7 Å². The third kappa shape index (κ3) is 3.30. The zero-order chi connectivity index (χ0) is 11.3. The fourth-order valence-electron chi connectivity index (χ4n) is 2.73. The lowest BCUT2D eigenvalue weighted by Crippen LogP contribution is -2.34. The standard InChI is InChI=1S/C13H24O2/c1-3-7-12(14)13(15)11-9-6-5-8-10(11)4-2/h10-12,14H,3-9H2,1-2H3. The van der Waals surface area contributed by atoms with E-state index in [4.69, 9.17) is 0 Å². The van der Waals surface area contributed by atoms with Gasteiger partial charge in [0.15, 0.2) is 5.78 Å². The molecule has 1 aliphatic carbocycles. The molecule has 1 fully saturated rings. The lowest BCUT2D eigenvalue weighted by atomic mass is 9.74. The van der Waals surface area contributed by atoms with Crippen LogP contribution in [0.4, 0.5) is 0 Å². The number of carbonyl (C=O) groups is 1. The predicted molar refractivity (Wildman–Crippen MR) is 61.7 cm³/mol. The molecule has 2 heteroatoms. The number of carbonyl (C=O) groups excluding carboxylic acids is 1. The first-order valence-electron chi connectivity index (χ1n) is 6.42. The van der Waals surface area contributed by atoms with E-state index < -0.39 is 6.10 Å². The quantitative estimate of drug-likeness (QED) is 0.760. The number of hydrogen-bond donors (Lipinski definition) is 1. The first kappa shape index (κ1) is 12.7. The Labute approximate surface area is 93.1 Å². The molecular formula is C13H24O2. The van der Waals surface area contributed by atoms with Gasteiger partial charge in [-0.15, -0.1) is 0 Å². The summed E-state index contributed by atoms with van der Waals surface area (Å²) in [6, 6.07) is 0. The highest BCUT2D eigenvalue weighted by Gasteiger charge is 2.32. The van der Waals surface area contributed by atoms with Gasteiger partial charge in [0.05, 0.1) is 0 Å². The first-order chi connectivity index (χ1) is 7.20. The van der Waals surface area contributed by atoms with E-state index in [0.29, 0.717) is 12.3 Å². The zero-order valence-electron chi connectivity index (χ0n) is 10.0. The fourth-order valence-corrected chi connectivity index (χ4v) is 2.73. The van der Waals surface area contributed by atoms with Gasteiger partial charge in [-0.1, -0.05) is 39.5 Å². The van der Waals surface area contributed by atoms with Crippen molar-refractivity contribution in [2.75, 3.05) is 0 Å². The minimum Gasteiger partial charge on any atom is -0.385 e. The first-order valence-corrected chi connectivity index (χ1v) is 6.42. The number of ketones is 1. The maximum atomic E-state index is 12.0. The summed E-state index contributed by atoms with van der Waals surface area (Å²) >= 11 is 0. The van der Waals surface area contributed by atoms with Gasteiger partial charge in [0, 0.05) is 5.92 Å². The third-order valence-electron chi connectivity index (χ3n) is 3.69. The summed E-state index contributed by atoms with van der Waals surface area (Å²) in [5, 5.41) is 9.73. The van der Waals surface area contributed by atoms with Gasteiger partial charge < -0.3 is 5.11 Å². The van der Waals surface area contributed by atoms with Crippen LogP contribution in [0.25, 0.3) is 0 Å². The van der Waals surface area contributed by atoms with Crippen molar-refractivity contribution in [2.45, 2.75) is 64.9 Å². The van der Waals surface area contributed by atoms with Crippen LogP contribution >= 0.6 is 0 Å². The molecule has 1 N–H and O–H groups in total. The van der Waals surface area contributed by atoms with Crippen LogP contribution in [0.2, 0.25) is 0 Å². The lowest BCUT2D eigenvalue weighted by Gasteiger charge is -2.31. The molecule has 15 heavy (non-hydrogen) atoms. The Bertz CT molecular complexity index is 201. The molecule has 3 atom stereocenters. The van der Waals surface area contributed by atoms with Crippen LogP contribution < -0.4 is 0 Å². The molecule has 0 heterocycles. The van der Waals surface area contributed by atoms with Gasteiger partial charge in [0.2, 0.25) is 0 Å². The minimum atomic E-state index is -0.702. The zero-order valence-corrected chi connectivity index (χ0v) is 10.0. The Morgan fingerprint density at radius 3 is 2.60 bits per heavy atom. The highest BCUT2D eigenvalue weighted by molar-refractivity contribution is 5.85. The summed E-state index contributed by atoms with van der Waals surface area (Å²) in [5.74, 6) is 0.784. The molecule has 1 saturated carbocycles. The van der Waals surface area contributed by atoms with Crippen molar-refractivity contribution in [3.05, 3.63) is 0 Å². The second kappa shape index (κ2) is 6.26. The molecule has 0 aromatic heterocycles. The molecule has 0 saturated heterocycles. The van der Waals surface area contributed by atoms with Crippen LogP contribution in [-0.2, 0) is 4.79 Å². The monoisotopic (exact) mass is 212 g/mol. The van der Waals surface area contributed by atoms with E-state index in [2.05, 4.69) is 6.92 Å². The second-order valence-corrected chi connectivity index (χ2v) is 4.77. The Morgan fingerprint density at radius 2 is 2.00 bits per heavy atom. The molecule has 0 aromatic rings. The van der Waals surface area contributed by atoms with Gasteiger partial charge in [-0.3, -0.25) is 4.79 Å². The number of Topliss-reactive ketones (excluding diaryl/α,β-unsaturated/α-hetero) is 1. The lowest BCUT2D eigenvalue weighted by molar-refractivity contribution is -0.134. The Kier molecular flexibility index (Phi) is 5.30.